The number of primary amides is 1. The third kappa shape index (κ3) is 3.87. The number of aliphatic hydroxyl groups is 1. The normalized spacial score (nSPS) is 47.8. The molecule has 5 heteroatoms. The van der Waals surface area contributed by atoms with Crippen molar-refractivity contribution in [2.24, 2.45) is 56.0 Å². The minimum Gasteiger partial charge on any atom is -0.369 e. The summed E-state index contributed by atoms with van der Waals surface area (Å²) in [5.74, 6) is -0.943. The predicted octanol–water partition coefficient (Wildman–Crippen LogP) is 7.36. The van der Waals surface area contributed by atoms with Gasteiger partial charge in [-0.2, -0.15) is 0 Å². The van der Waals surface area contributed by atoms with Gasteiger partial charge in [-0.3, -0.25) is 9.59 Å². The highest BCUT2D eigenvalue weighted by molar-refractivity contribution is 5.95. The van der Waals surface area contributed by atoms with Crippen LogP contribution >= 0.6 is 0 Å². The fourth-order valence-electron chi connectivity index (χ4n) is 11.4. The molecule has 1 aromatic rings. The number of carbonyl (C=O) groups excluding carboxylic acids is 2. The predicted molar refractivity (Wildman–Crippen MR) is 165 cm³/mol. The lowest BCUT2D eigenvalue weighted by Gasteiger charge is -2.71. The zero-order chi connectivity index (χ0) is 30.6. The van der Waals surface area contributed by atoms with Crippen LogP contribution in [0.5, 0.6) is 0 Å². The monoisotopic (exact) mass is 575 g/mol. The summed E-state index contributed by atoms with van der Waals surface area (Å²) in [6.45, 7) is 16.3. The summed E-state index contributed by atoms with van der Waals surface area (Å²) in [4.78, 5) is 27.2. The summed E-state index contributed by atoms with van der Waals surface area (Å²) in [5.41, 5.74) is 6.85. The number of nitrogens with two attached hydrogens (primary N) is 1. The number of fused-ring (bicyclic) bond motifs is 7. The Balaban J connectivity index is 1.36. The minimum absolute atomic E-state index is 0.101. The Labute approximate surface area is 253 Å². The summed E-state index contributed by atoms with van der Waals surface area (Å²) in [7, 11) is 0. The maximum Gasteiger partial charge on any atom is 0.223 e. The van der Waals surface area contributed by atoms with Gasteiger partial charge in [-0.05, 0) is 96.5 Å². The standard InChI is InChI=1S/C37H53NO4/c1-31(2)28-13-14-36(7)29(34(28,5)18-20-37(31,41)42-23-24-11-9-8-10-12-24)27(39)21-25-26-22-33(4,30(38)40)16-15-32(26,3)17-19-35(25,36)6/h8-12,21,26,28-29,41H,13-20,22-23H2,1-7H3,(H2,38,40)/t26-,28?,29+,32+,33-,34-,35+,36+,37-/m0/s1. The van der Waals surface area contributed by atoms with E-state index >= 15 is 0 Å². The van der Waals surface area contributed by atoms with E-state index in [-0.39, 0.29) is 51.1 Å². The van der Waals surface area contributed by atoms with Crippen LogP contribution in [0.2, 0.25) is 0 Å². The molecule has 0 bridgehead atoms. The molecule has 42 heavy (non-hydrogen) atoms. The Hall–Kier alpha value is -1.98. The van der Waals surface area contributed by atoms with E-state index in [1.54, 1.807) is 0 Å². The number of benzene rings is 1. The van der Waals surface area contributed by atoms with E-state index in [4.69, 9.17) is 10.5 Å². The third-order valence-electron chi connectivity index (χ3n) is 14.6. The van der Waals surface area contributed by atoms with Crippen molar-refractivity contribution in [2.45, 2.75) is 119 Å². The van der Waals surface area contributed by atoms with Crippen LogP contribution in [0.4, 0.5) is 0 Å². The number of amides is 1. The average molecular weight is 576 g/mol. The van der Waals surface area contributed by atoms with Crippen LogP contribution in [0, 0.1) is 50.2 Å². The lowest BCUT2D eigenvalue weighted by atomic mass is 9.33. The molecule has 0 spiro atoms. The van der Waals surface area contributed by atoms with Crippen LogP contribution in [0.3, 0.4) is 0 Å². The number of allylic oxidation sites excluding steroid dienone is 2. The molecular weight excluding hydrogens is 522 g/mol. The molecule has 0 aromatic heterocycles. The first-order chi connectivity index (χ1) is 19.5. The van der Waals surface area contributed by atoms with Gasteiger partial charge in [0.1, 0.15) is 0 Å². The summed E-state index contributed by atoms with van der Waals surface area (Å²) in [6, 6.07) is 10.1. The molecule has 0 heterocycles. The first-order valence-electron chi connectivity index (χ1n) is 16.4. The lowest BCUT2D eigenvalue weighted by molar-refractivity contribution is -0.332. The number of ether oxygens (including phenoxy) is 1. The SMILES string of the molecule is CC1(C)C2CC[C@]3(C)[C@H](C(=O)C=C4[C@@H]5C[C@@](C)(C(N)=O)CC[C@]5(C)CC[C@]43C)[C@@]2(C)CC[C@]1(O)OCc1ccccc1. The van der Waals surface area contributed by atoms with Crippen molar-refractivity contribution >= 4 is 11.7 Å². The molecule has 5 aliphatic rings. The second-order valence-electron chi connectivity index (χ2n) is 16.9. The van der Waals surface area contributed by atoms with Gasteiger partial charge < -0.3 is 15.6 Å². The van der Waals surface area contributed by atoms with E-state index in [0.717, 1.165) is 56.9 Å². The lowest BCUT2D eigenvalue weighted by Crippen LogP contribution is -2.69. The third-order valence-corrected chi connectivity index (χ3v) is 14.6. The number of hydrogen-bond acceptors (Lipinski definition) is 4. The molecular formula is C37H53NO4. The molecule has 0 radical (unpaired) electrons. The number of ketones is 1. The molecule has 6 rings (SSSR count). The van der Waals surface area contributed by atoms with E-state index < -0.39 is 16.6 Å². The van der Waals surface area contributed by atoms with Crippen LogP contribution in [0.25, 0.3) is 0 Å². The molecule has 5 nitrogen and oxygen atoms in total. The molecule has 0 saturated heterocycles. The fourth-order valence-corrected chi connectivity index (χ4v) is 11.4. The average Bonchev–Trinajstić information content (AvgIpc) is 2.93. The smallest absolute Gasteiger partial charge is 0.223 e. The van der Waals surface area contributed by atoms with E-state index in [2.05, 4.69) is 47.6 Å². The van der Waals surface area contributed by atoms with Crippen molar-refractivity contribution in [1.82, 2.24) is 0 Å². The van der Waals surface area contributed by atoms with Crippen molar-refractivity contribution in [3.8, 4) is 0 Å². The second-order valence-corrected chi connectivity index (χ2v) is 16.9. The van der Waals surface area contributed by atoms with Crippen molar-refractivity contribution in [3.05, 3.63) is 47.5 Å². The topological polar surface area (TPSA) is 89.6 Å². The Bertz CT molecular complexity index is 1320. The van der Waals surface area contributed by atoms with Gasteiger partial charge in [-0.25, -0.2) is 0 Å². The fraction of sp³-hybridized carbons (Fsp3) is 0.730. The first-order valence-corrected chi connectivity index (χ1v) is 16.4. The molecule has 230 valence electrons. The maximum absolute atomic E-state index is 14.6. The van der Waals surface area contributed by atoms with Gasteiger partial charge in [0.25, 0.3) is 0 Å². The van der Waals surface area contributed by atoms with Crippen molar-refractivity contribution in [3.63, 3.8) is 0 Å². The second kappa shape index (κ2) is 9.27. The molecule has 1 amide bonds. The van der Waals surface area contributed by atoms with Gasteiger partial charge in [-0.1, -0.05) is 84.4 Å². The van der Waals surface area contributed by atoms with Gasteiger partial charge in [0.05, 0.1) is 6.61 Å². The van der Waals surface area contributed by atoms with Crippen LogP contribution in [-0.2, 0) is 20.9 Å². The molecule has 9 atom stereocenters. The highest BCUT2D eigenvalue weighted by Gasteiger charge is 2.72. The van der Waals surface area contributed by atoms with Crippen LogP contribution in [0.1, 0.15) is 112 Å². The summed E-state index contributed by atoms with van der Waals surface area (Å²) in [5, 5.41) is 12.1. The van der Waals surface area contributed by atoms with Crippen LogP contribution in [0.15, 0.2) is 42.0 Å². The Kier molecular flexibility index (Phi) is 6.63. The van der Waals surface area contributed by atoms with Crippen LogP contribution in [-0.4, -0.2) is 22.6 Å². The summed E-state index contributed by atoms with van der Waals surface area (Å²) >= 11 is 0. The van der Waals surface area contributed by atoms with E-state index in [1.165, 1.54) is 5.57 Å². The van der Waals surface area contributed by atoms with Crippen molar-refractivity contribution in [2.75, 3.05) is 0 Å². The number of carbonyl (C=O) groups is 2. The van der Waals surface area contributed by atoms with Gasteiger partial charge in [-0.15, -0.1) is 0 Å². The Morgan fingerprint density at radius 1 is 0.929 bits per heavy atom. The summed E-state index contributed by atoms with van der Waals surface area (Å²) < 4.78 is 6.39. The molecule has 1 aromatic carbocycles. The Morgan fingerprint density at radius 2 is 1.60 bits per heavy atom. The molecule has 4 fully saturated rings. The molecule has 3 N–H and O–H groups in total. The van der Waals surface area contributed by atoms with E-state index in [0.29, 0.717) is 13.0 Å². The highest BCUT2D eigenvalue weighted by atomic mass is 16.6. The van der Waals surface area contributed by atoms with E-state index in [9.17, 15) is 14.7 Å². The van der Waals surface area contributed by atoms with Crippen molar-refractivity contribution < 1.29 is 19.4 Å². The zero-order valence-electron chi connectivity index (χ0n) is 27.0. The highest BCUT2D eigenvalue weighted by Crippen LogP contribution is 2.75. The van der Waals surface area contributed by atoms with Crippen LogP contribution < -0.4 is 5.73 Å². The molecule has 0 aliphatic heterocycles. The number of rotatable bonds is 4. The van der Waals surface area contributed by atoms with Gasteiger partial charge in [0, 0.05) is 23.2 Å². The summed E-state index contributed by atoms with van der Waals surface area (Å²) in [6.07, 6.45) is 10.00. The molecule has 5 aliphatic carbocycles. The van der Waals surface area contributed by atoms with E-state index in [1.807, 2.05) is 37.3 Å². The molecule has 1 unspecified atom stereocenters. The quantitative estimate of drug-likeness (QED) is 0.367. The minimum atomic E-state index is -1.25. The van der Waals surface area contributed by atoms with Crippen molar-refractivity contribution in [1.29, 1.82) is 0 Å². The number of hydrogen-bond donors (Lipinski definition) is 2. The van der Waals surface area contributed by atoms with Gasteiger partial charge in [0.2, 0.25) is 5.91 Å². The maximum atomic E-state index is 14.6. The molecule has 4 saturated carbocycles. The largest absolute Gasteiger partial charge is 0.369 e. The first kappa shape index (κ1) is 30.1. The zero-order valence-corrected chi connectivity index (χ0v) is 27.0. The van der Waals surface area contributed by atoms with Gasteiger partial charge >= 0.3 is 0 Å². The Morgan fingerprint density at radius 3 is 2.26 bits per heavy atom. The van der Waals surface area contributed by atoms with Gasteiger partial charge in [0.15, 0.2) is 11.6 Å².